The van der Waals surface area contributed by atoms with Crippen molar-refractivity contribution in [2.45, 2.75) is 6.54 Å². The Balaban J connectivity index is 1.30. The highest BCUT2D eigenvalue weighted by molar-refractivity contribution is 6.32. The van der Waals surface area contributed by atoms with Gasteiger partial charge in [-0.2, -0.15) is 0 Å². The lowest BCUT2D eigenvalue weighted by molar-refractivity contribution is 0.415. The molecule has 4 aromatic carbocycles. The normalized spacial score (nSPS) is 11.3. The van der Waals surface area contributed by atoms with Crippen LogP contribution in [0.25, 0.3) is 24.3 Å². The zero-order valence-electron chi connectivity index (χ0n) is 19.2. The van der Waals surface area contributed by atoms with Crippen LogP contribution in [0.5, 0.6) is 5.75 Å². The third-order valence-corrected chi connectivity index (χ3v) is 6.18. The van der Waals surface area contributed by atoms with Crippen molar-refractivity contribution in [2.75, 3.05) is 12.4 Å². The first kappa shape index (κ1) is 22.4. The van der Waals surface area contributed by atoms with Gasteiger partial charge in [-0.1, -0.05) is 102 Å². The maximum atomic E-state index is 5.20. The minimum Gasteiger partial charge on any atom is -0.497 e. The highest BCUT2D eigenvalue weighted by Crippen LogP contribution is 2.16. The van der Waals surface area contributed by atoms with Crippen LogP contribution in [0.4, 0.5) is 5.69 Å². The standard InChI is InChI=1S/C30H29NOSi/c1-32-29-18-12-26(13-19-29)9-7-24-4-2-23(3-5-24)6-8-25-10-16-28(17-11-25)31-22-27-14-20-30(33)21-15-27/h2-21,31H,22H2,1,33H3. The summed E-state index contributed by atoms with van der Waals surface area (Å²) in [5, 5.41) is 4.92. The predicted molar refractivity (Wildman–Crippen MR) is 147 cm³/mol. The monoisotopic (exact) mass is 447 g/mol. The van der Waals surface area contributed by atoms with Gasteiger partial charge in [-0.05, 0) is 52.1 Å². The summed E-state index contributed by atoms with van der Waals surface area (Å²) >= 11 is 0. The van der Waals surface area contributed by atoms with Crippen LogP contribution in [-0.4, -0.2) is 17.4 Å². The van der Waals surface area contributed by atoms with Gasteiger partial charge in [-0.15, -0.1) is 0 Å². The molecule has 0 atom stereocenters. The summed E-state index contributed by atoms with van der Waals surface area (Å²) in [6, 6.07) is 34.0. The fraction of sp³-hybridized carbons (Fsp3) is 0.0667. The first-order valence-electron chi connectivity index (χ1n) is 11.2. The molecular formula is C30H29NOSi. The van der Waals surface area contributed by atoms with Crippen molar-refractivity contribution in [3.05, 3.63) is 125 Å². The first-order chi connectivity index (χ1) is 16.2. The summed E-state index contributed by atoms with van der Waals surface area (Å²) in [6.45, 7) is 0.844. The second-order valence-electron chi connectivity index (χ2n) is 8.07. The van der Waals surface area contributed by atoms with E-state index in [1.807, 2.05) is 12.1 Å². The van der Waals surface area contributed by atoms with E-state index in [4.69, 9.17) is 4.74 Å². The summed E-state index contributed by atoms with van der Waals surface area (Å²) in [4.78, 5) is 0. The van der Waals surface area contributed by atoms with Gasteiger partial charge in [0.1, 0.15) is 5.75 Å². The van der Waals surface area contributed by atoms with Gasteiger partial charge in [0.25, 0.3) is 0 Å². The van der Waals surface area contributed by atoms with E-state index in [-0.39, 0.29) is 0 Å². The number of hydrogen-bond donors (Lipinski definition) is 1. The Kier molecular flexibility index (Phi) is 7.57. The van der Waals surface area contributed by atoms with Crippen molar-refractivity contribution in [3.8, 4) is 5.75 Å². The largest absolute Gasteiger partial charge is 0.497 e. The van der Waals surface area contributed by atoms with Crippen LogP contribution in [-0.2, 0) is 6.54 Å². The van der Waals surface area contributed by atoms with Crippen molar-refractivity contribution in [1.29, 1.82) is 0 Å². The second kappa shape index (κ2) is 11.2. The molecule has 4 rings (SSSR count). The van der Waals surface area contributed by atoms with Crippen LogP contribution >= 0.6 is 0 Å². The smallest absolute Gasteiger partial charge is 0.118 e. The molecule has 0 aliphatic carbocycles. The van der Waals surface area contributed by atoms with E-state index in [9.17, 15) is 0 Å². The van der Waals surface area contributed by atoms with E-state index >= 15 is 0 Å². The number of methoxy groups -OCH3 is 1. The van der Waals surface area contributed by atoms with Crippen molar-refractivity contribution in [1.82, 2.24) is 0 Å². The average Bonchev–Trinajstić information content (AvgIpc) is 2.87. The van der Waals surface area contributed by atoms with Crippen LogP contribution in [0.3, 0.4) is 0 Å². The summed E-state index contributed by atoms with van der Waals surface area (Å²) in [6.07, 6.45) is 8.53. The molecule has 0 radical (unpaired) electrons. The highest BCUT2D eigenvalue weighted by Gasteiger charge is 1.96. The molecule has 0 amide bonds. The Bertz CT molecular complexity index is 1210. The Labute approximate surface area is 199 Å². The molecule has 0 aromatic heterocycles. The zero-order chi connectivity index (χ0) is 22.9. The van der Waals surface area contributed by atoms with Gasteiger partial charge in [0.15, 0.2) is 0 Å². The Morgan fingerprint density at radius 3 is 1.48 bits per heavy atom. The number of anilines is 1. The molecule has 0 spiro atoms. The van der Waals surface area contributed by atoms with Crippen LogP contribution in [0.15, 0.2) is 97.1 Å². The van der Waals surface area contributed by atoms with E-state index < -0.39 is 0 Å². The fourth-order valence-electron chi connectivity index (χ4n) is 3.44. The molecule has 0 aliphatic heterocycles. The lowest BCUT2D eigenvalue weighted by Gasteiger charge is -2.07. The third-order valence-electron chi connectivity index (χ3n) is 5.52. The number of nitrogens with one attached hydrogen (secondary N) is 1. The van der Waals surface area contributed by atoms with E-state index in [0.29, 0.717) is 0 Å². The van der Waals surface area contributed by atoms with Crippen molar-refractivity contribution in [3.63, 3.8) is 0 Å². The van der Waals surface area contributed by atoms with Gasteiger partial charge < -0.3 is 10.1 Å². The van der Waals surface area contributed by atoms with E-state index in [2.05, 4.69) is 115 Å². The minimum absolute atomic E-state index is 0.844. The number of rotatable bonds is 8. The molecule has 0 fully saturated rings. The van der Waals surface area contributed by atoms with Gasteiger partial charge >= 0.3 is 0 Å². The molecule has 33 heavy (non-hydrogen) atoms. The topological polar surface area (TPSA) is 21.3 Å². The lowest BCUT2D eigenvalue weighted by Crippen LogP contribution is -2.04. The molecular weight excluding hydrogens is 418 g/mol. The van der Waals surface area contributed by atoms with Crippen LogP contribution in [0, 0.1) is 0 Å². The molecule has 2 nitrogen and oxygen atoms in total. The van der Waals surface area contributed by atoms with Crippen LogP contribution in [0.1, 0.15) is 27.8 Å². The van der Waals surface area contributed by atoms with Gasteiger partial charge in [-0.3, -0.25) is 0 Å². The quantitative estimate of drug-likeness (QED) is 0.279. The summed E-state index contributed by atoms with van der Waals surface area (Å²) in [5.74, 6) is 0.873. The van der Waals surface area contributed by atoms with Gasteiger partial charge in [-0.25, -0.2) is 0 Å². The molecule has 0 saturated heterocycles. The molecule has 3 heteroatoms. The fourth-order valence-corrected chi connectivity index (χ4v) is 3.77. The summed E-state index contributed by atoms with van der Waals surface area (Å²) in [7, 11) is 2.78. The molecule has 0 saturated carbocycles. The molecule has 0 heterocycles. The number of benzene rings is 4. The third kappa shape index (κ3) is 6.83. The van der Waals surface area contributed by atoms with E-state index in [0.717, 1.165) is 33.8 Å². The maximum Gasteiger partial charge on any atom is 0.118 e. The number of ether oxygens (including phenoxy) is 1. The number of hydrogen-bond acceptors (Lipinski definition) is 2. The summed E-state index contributed by atoms with van der Waals surface area (Å²) < 4.78 is 5.20. The molecule has 0 bridgehead atoms. The van der Waals surface area contributed by atoms with Crippen molar-refractivity contribution >= 4 is 45.4 Å². The van der Waals surface area contributed by atoms with Crippen molar-refractivity contribution in [2.24, 2.45) is 0 Å². The minimum atomic E-state index is 0.844. The Morgan fingerprint density at radius 1 is 0.606 bits per heavy atom. The Hall–Kier alpha value is -3.82. The van der Waals surface area contributed by atoms with Crippen molar-refractivity contribution < 1.29 is 4.74 Å². The van der Waals surface area contributed by atoms with E-state index in [1.165, 1.54) is 27.4 Å². The molecule has 1 N–H and O–H groups in total. The SMILES string of the molecule is COc1ccc(C=Cc2ccc(C=Cc3ccc(NCc4ccc([SiH3])cc4)cc3)cc2)cc1. The maximum absolute atomic E-state index is 5.20. The predicted octanol–water partition coefficient (Wildman–Crippen LogP) is 5.64. The van der Waals surface area contributed by atoms with Crippen LogP contribution in [0.2, 0.25) is 0 Å². The lowest BCUT2D eigenvalue weighted by atomic mass is 10.1. The second-order valence-corrected chi connectivity index (χ2v) is 9.22. The molecule has 164 valence electrons. The Morgan fingerprint density at radius 2 is 1.03 bits per heavy atom. The molecule has 0 unspecified atom stereocenters. The van der Waals surface area contributed by atoms with Gasteiger partial charge in [0.2, 0.25) is 0 Å². The molecule has 4 aromatic rings. The first-order valence-corrected chi connectivity index (χ1v) is 12.2. The molecule has 0 aliphatic rings. The van der Waals surface area contributed by atoms with Crippen LogP contribution < -0.4 is 15.2 Å². The van der Waals surface area contributed by atoms with E-state index in [1.54, 1.807) is 7.11 Å². The zero-order valence-corrected chi connectivity index (χ0v) is 21.2. The highest BCUT2D eigenvalue weighted by atomic mass is 28.1. The van der Waals surface area contributed by atoms with Gasteiger partial charge in [0.05, 0.1) is 7.11 Å². The van der Waals surface area contributed by atoms with Gasteiger partial charge in [0, 0.05) is 22.5 Å². The average molecular weight is 448 g/mol. The summed E-state index contributed by atoms with van der Waals surface area (Å²) in [5.41, 5.74) is 7.13.